The fraction of sp³-hybridized carbons (Fsp3) is 0.286. The van der Waals surface area contributed by atoms with Crippen LogP contribution in [0.5, 0.6) is 11.5 Å². The van der Waals surface area contributed by atoms with Gasteiger partial charge in [0.2, 0.25) is 0 Å². The van der Waals surface area contributed by atoms with Crippen LogP contribution in [0.25, 0.3) is 6.08 Å². The number of ether oxygens (including phenoxy) is 3. The number of hydrogen-bond donors (Lipinski definition) is 0. The smallest absolute Gasteiger partial charge is 0.348 e. The van der Waals surface area contributed by atoms with Gasteiger partial charge >= 0.3 is 5.97 Å². The summed E-state index contributed by atoms with van der Waals surface area (Å²) < 4.78 is 15.6. The molecule has 1 heterocycles. The molecule has 0 unspecified atom stereocenters. The van der Waals surface area contributed by atoms with E-state index >= 15 is 0 Å². The van der Waals surface area contributed by atoms with Crippen LogP contribution in [0.4, 0.5) is 0 Å². The Bertz CT molecular complexity index is 557. The fourth-order valence-corrected chi connectivity index (χ4v) is 1.66. The number of hydrogen-bond acceptors (Lipinski definition) is 5. The zero-order valence-corrected chi connectivity index (χ0v) is 10.5. The van der Waals surface area contributed by atoms with Gasteiger partial charge in [-0.25, -0.2) is 4.79 Å². The van der Waals surface area contributed by atoms with Crippen LogP contribution >= 0.6 is 0 Å². The van der Waals surface area contributed by atoms with E-state index in [0.717, 1.165) is 0 Å². The van der Waals surface area contributed by atoms with Crippen molar-refractivity contribution in [3.05, 3.63) is 29.3 Å². The molecule has 5 nitrogen and oxygen atoms in total. The van der Waals surface area contributed by atoms with Gasteiger partial charge < -0.3 is 14.2 Å². The molecule has 5 heteroatoms. The normalized spacial score (nSPS) is 13.6. The van der Waals surface area contributed by atoms with Gasteiger partial charge in [0.1, 0.15) is 24.9 Å². The van der Waals surface area contributed by atoms with E-state index in [1.807, 2.05) is 6.07 Å². The molecule has 0 aliphatic carbocycles. The molecule has 2 rings (SSSR count). The van der Waals surface area contributed by atoms with E-state index in [9.17, 15) is 4.79 Å². The van der Waals surface area contributed by atoms with E-state index < -0.39 is 5.97 Å². The SMILES string of the molecule is CCOC(=O)/C(C#N)=C/c1ccc2c(c1)OCCO2. The molecule has 0 saturated heterocycles. The van der Waals surface area contributed by atoms with Crippen molar-refractivity contribution < 1.29 is 19.0 Å². The van der Waals surface area contributed by atoms with Gasteiger partial charge in [0.25, 0.3) is 0 Å². The molecule has 0 atom stereocenters. The standard InChI is InChI=1S/C14H13NO4/c1-2-17-14(16)11(9-15)7-10-3-4-12-13(8-10)19-6-5-18-12/h3-4,7-8H,2,5-6H2,1H3/b11-7+. The van der Waals surface area contributed by atoms with Gasteiger partial charge in [0.15, 0.2) is 11.5 Å². The first kappa shape index (κ1) is 13.0. The lowest BCUT2D eigenvalue weighted by molar-refractivity contribution is -0.137. The third-order valence-electron chi connectivity index (χ3n) is 2.49. The Hall–Kier alpha value is -2.48. The highest BCUT2D eigenvalue weighted by molar-refractivity contribution is 5.97. The van der Waals surface area contributed by atoms with E-state index in [2.05, 4.69) is 0 Å². The summed E-state index contributed by atoms with van der Waals surface area (Å²) in [6.07, 6.45) is 1.47. The zero-order valence-electron chi connectivity index (χ0n) is 10.5. The Kier molecular flexibility index (Phi) is 4.04. The minimum absolute atomic E-state index is 0.0430. The Morgan fingerprint density at radius 3 is 2.84 bits per heavy atom. The Morgan fingerprint density at radius 2 is 2.16 bits per heavy atom. The number of nitriles is 1. The van der Waals surface area contributed by atoms with Crippen molar-refractivity contribution in [2.24, 2.45) is 0 Å². The fourth-order valence-electron chi connectivity index (χ4n) is 1.66. The molecule has 0 fully saturated rings. The highest BCUT2D eigenvalue weighted by Crippen LogP contribution is 2.31. The van der Waals surface area contributed by atoms with E-state index in [-0.39, 0.29) is 12.2 Å². The van der Waals surface area contributed by atoms with E-state index in [1.54, 1.807) is 25.1 Å². The summed E-state index contributed by atoms with van der Waals surface area (Å²) in [7, 11) is 0. The number of fused-ring (bicyclic) bond motifs is 1. The lowest BCUT2D eigenvalue weighted by Crippen LogP contribution is -2.15. The first-order valence-electron chi connectivity index (χ1n) is 5.93. The van der Waals surface area contributed by atoms with Crippen molar-refractivity contribution in [1.29, 1.82) is 5.26 Å². The van der Waals surface area contributed by atoms with E-state index in [1.165, 1.54) is 6.08 Å². The number of rotatable bonds is 3. The zero-order chi connectivity index (χ0) is 13.7. The Balaban J connectivity index is 2.26. The quantitative estimate of drug-likeness (QED) is 0.471. The second kappa shape index (κ2) is 5.91. The summed E-state index contributed by atoms with van der Waals surface area (Å²) in [5, 5.41) is 8.95. The molecule has 0 radical (unpaired) electrons. The highest BCUT2D eigenvalue weighted by atomic mass is 16.6. The van der Waals surface area contributed by atoms with Crippen LogP contribution in [-0.4, -0.2) is 25.8 Å². The number of esters is 1. The van der Waals surface area contributed by atoms with Crippen LogP contribution in [0, 0.1) is 11.3 Å². The van der Waals surface area contributed by atoms with Crippen LogP contribution in [0.1, 0.15) is 12.5 Å². The van der Waals surface area contributed by atoms with Crippen molar-refractivity contribution in [3.63, 3.8) is 0 Å². The van der Waals surface area contributed by atoms with Crippen LogP contribution in [0.15, 0.2) is 23.8 Å². The Labute approximate surface area is 111 Å². The summed E-state index contributed by atoms with van der Waals surface area (Å²) >= 11 is 0. The van der Waals surface area contributed by atoms with Crippen molar-refractivity contribution in [2.45, 2.75) is 6.92 Å². The van der Waals surface area contributed by atoms with Crippen LogP contribution in [-0.2, 0) is 9.53 Å². The average Bonchev–Trinajstić information content (AvgIpc) is 2.44. The predicted molar refractivity (Wildman–Crippen MR) is 67.7 cm³/mol. The van der Waals surface area contributed by atoms with E-state index in [0.29, 0.717) is 30.3 Å². The van der Waals surface area contributed by atoms with Crippen molar-refractivity contribution >= 4 is 12.0 Å². The largest absolute Gasteiger partial charge is 0.486 e. The molecule has 0 bridgehead atoms. The lowest BCUT2D eigenvalue weighted by atomic mass is 10.1. The molecular weight excluding hydrogens is 246 g/mol. The first-order valence-corrected chi connectivity index (χ1v) is 5.93. The first-order chi connectivity index (χ1) is 9.24. The number of benzene rings is 1. The van der Waals surface area contributed by atoms with Crippen LogP contribution < -0.4 is 9.47 Å². The van der Waals surface area contributed by atoms with Crippen molar-refractivity contribution in [1.82, 2.24) is 0 Å². The predicted octanol–water partition coefficient (Wildman–Crippen LogP) is 1.93. The molecule has 0 amide bonds. The number of carbonyl (C=O) groups is 1. The monoisotopic (exact) mass is 259 g/mol. The molecule has 0 N–H and O–H groups in total. The minimum atomic E-state index is -0.625. The van der Waals surface area contributed by atoms with Gasteiger partial charge in [-0.05, 0) is 30.7 Å². The van der Waals surface area contributed by atoms with Crippen molar-refractivity contribution in [2.75, 3.05) is 19.8 Å². The number of nitrogens with zero attached hydrogens (tertiary/aromatic N) is 1. The van der Waals surface area contributed by atoms with Gasteiger partial charge in [-0.2, -0.15) is 5.26 Å². The van der Waals surface area contributed by atoms with Gasteiger partial charge in [-0.1, -0.05) is 6.07 Å². The summed E-state index contributed by atoms with van der Waals surface area (Å²) in [5.74, 6) is 0.652. The second-order valence-corrected chi connectivity index (χ2v) is 3.79. The van der Waals surface area contributed by atoms with Gasteiger partial charge in [-0.15, -0.1) is 0 Å². The average molecular weight is 259 g/mol. The van der Waals surface area contributed by atoms with Gasteiger partial charge in [0.05, 0.1) is 6.61 Å². The second-order valence-electron chi connectivity index (χ2n) is 3.79. The number of carbonyl (C=O) groups excluding carboxylic acids is 1. The highest BCUT2D eigenvalue weighted by Gasteiger charge is 2.13. The molecule has 0 spiro atoms. The molecule has 1 aromatic rings. The maximum absolute atomic E-state index is 11.5. The van der Waals surface area contributed by atoms with Gasteiger partial charge in [0, 0.05) is 0 Å². The molecule has 1 aromatic carbocycles. The van der Waals surface area contributed by atoms with Crippen LogP contribution in [0.2, 0.25) is 0 Å². The van der Waals surface area contributed by atoms with E-state index in [4.69, 9.17) is 19.5 Å². The molecular formula is C14H13NO4. The third-order valence-corrected chi connectivity index (χ3v) is 2.49. The van der Waals surface area contributed by atoms with Crippen LogP contribution in [0.3, 0.4) is 0 Å². The molecule has 0 aromatic heterocycles. The summed E-state index contributed by atoms with van der Waals surface area (Å²) in [6, 6.07) is 7.06. The van der Waals surface area contributed by atoms with Gasteiger partial charge in [-0.3, -0.25) is 0 Å². The molecule has 98 valence electrons. The molecule has 0 saturated carbocycles. The minimum Gasteiger partial charge on any atom is -0.486 e. The summed E-state index contributed by atoms with van der Waals surface area (Å²) in [6.45, 7) is 2.94. The summed E-state index contributed by atoms with van der Waals surface area (Å²) in [5.41, 5.74) is 0.646. The Morgan fingerprint density at radius 1 is 1.42 bits per heavy atom. The maximum atomic E-state index is 11.5. The van der Waals surface area contributed by atoms with Crippen molar-refractivity contribution in [3.8, 4) is 17.6 Å². The molecule has 1 aliphatic heterocycles. The molecule has 19 heavy (non-hydrogen) atoms. The topological polar surface area (TPSA) is 68.6 Å². The third kappa shape index (κ3) is 3.05. The summed E-state index contributed by atoms with van der Waals surface area (Å²) in [4.78, 5) is 11.5. The lowest BCUT2D eigenvalue weighted by Gasteiger charge is -2.18. The molecule has 1 aliphatic rings. The maximum Gasteiger partial charge on any atom is 0.348 e.